The van der Waals surface area contributed by atoms with E-state index in [0.717, 1.165) is 0 Å². The van der Waals surface area contributed by atoms with Crippen molar-refractivity contribution < 1.29 is 17.6 Å². The Balaban J connectivity index is 2.09. The van der Waals surface area contributed by atoms with E-state index in [1.165, 1.54) is 27.1 Å². The molecule has 108 valence electrons. The molecule has 1 aromatic heterocycles. The second kappa shape index (κ2) is 4.72. The van der Waals surface area contributed by atoms with Crippen LogP contribution < -0.4 is 5.76 Å². The third-order valence-electron chi connectivity index (χ3n) is 3.37. The fourth-order valence-corrected chi connectivity index (χ4v) is 3.63. The van der Waals surface area contributed by atoms with Crippen LogP contribution >= 0.6 is 0 Å². The van der Waals surface area contributed by atoms with E-state index in [4.69, 9.17) is 9.15 Å². The predicted molar refractivity (Wildman–Crippen MR) is 71.0 cm³/mol. The van der Waals surface area contributed by atoms with Crippen LogP contribution in [0, 0.1) is 0 Å². The summed E-state index contributed by atoms with van der Waals surface area (Å²) in [6.07, 6.45) is 0. The van der Waals surface area contributed by atoms with Crippen LogP contribution in [-0.2, 0) is 21.8 Å². The van der Waals surface area contributed by atoms with Gasteiger partial charge >= 0.3 is 5.76 Å². The number of benzene rings is 1. The molecule has 1 aromatic carbocycles. The molecular formula is C12H14N2O5S. The Bertz CT molecular complexity index is 799. The Morgan fingerprint density at radius 1 is 1.20 bits per heavy atom. The molecule has 20 heavy (non-hydrogen) atoms. The molecule has 0 amide bonds. The standard InChI is InChI=1S/C12H14N2O5S/c1-13-10-8-9(2-3-11(10)19-12(13)15)20(16,17)14-4-6-18-7-5-14/h2-3,8H,4-7H2,1H3. The van der Waals surface area contributed by atoms with Crippen LogP contribution in [0.25, 0.3) is 11.1 Å². The zero-order valence-corrected chi connectivity index (χ0v) is 11.7. The Hall–Kier alpha value is -1.64. The van der Waals surface area contributed by atoms with Gasteiger partial charge in [0.1, 0.15) is 0 Å². The molecule has 2 heterocycles. The van der Waals surface area contributed by atoms with Crippen molar-refractivity contribution in [3.05, 3.63) is 28.7 Å². The van der Waals surface area contributed by atoms with Gasteiger partial charge in [0.15, 0.2) is 5.58 Å². The van der Waals surface area contributed by atoms with Crippen LogP contribution in [0.15, 0.2) is 32.3 Å². The normalized spacial score (nSPS) is 17.6. The summed E-state index contributed by atoms with van der Waals surface area (Å²) < 4.78 is 37.8. The van der Waals surface area contributed by atoms with Crippen molar-refractivity contribution in [1.82, 2.24) is 8.87 Å². The van der Waals surface area contributed by atoms with E-state index >= 15 is 0 Å². The molecule has 1 fully saturated rings. The number of morpholine rings is 1. The third-order valence-corrected chi connectivity index (χ3v) is 5.27. The fourth-order valence-electron chi connectivity index (χ4n) is 2.20. The first-order chi connectivity index (χ1) is 9.50. The number of nitrogens with zero attached hydrogens (tertiary/aromatic N) is 2. The largest absolute Gasteiger partial charge is 0.419 e. The molecule has 7 nitrogen and oxygen atoms in total. The van der Waals surface area contributed by atoms with Crippen LogP contribution in [0.2, 0.25) is 0 Å². The van der Waals surface area contributed by atoms with Gasteiger partial charge in [-0.1, -0.05) is 0 Å². The Kier molecular flexibility index (Phi) is 3.15. The third kappa shape index (κ3) is 2.05. The summed E-state index contributed by atoms with van der Waals surface area (Å²) >= 11 is 0. The second-order valence-electron chi connectivity index (χ2n) is 4.57. The van der Waals surface area contributed by atoms with Crippen LogP contribution in [0.3, 0.4) is 0 Å². The lowest BCUT2D eigenvalue weighted by Crippen LogP contribution is -2.40. The minimum atomic E-state index is -3.56. The summed E-state index contributed by atoms with van der Waals surface area (Å²) in [5.74, 6) is -0.513. The van der Waals surface area contributed by atoms with Gasteiger partial charge in [-0.15, -0.1) is 0 Å². The summed E-state index contributed by atoms with van der Waals surface area (Å²) in [7, 11) is -2.02. The van der Waals surface area contributed by atoms with Crippen molar-refractivity contribution in [2.45, 2.75) is 4.90 Å². The minimum absolute atomic E-state index is 0.156. The van der Waals surface area contributed by atoms with Crippen molar-refractivity contribution in [2.75, 3.05) is 26.3 Å². The maximum atomic E-state index is 12.5. The molecule has 0 N–H and O–H groups in total. The number of sulfonamides is 1. The molecule has 1 aliphatic heterocycles. The molecule has 0 spiro atoms. The molecule has 0 radical (unpaired) electrons. The molecule has 0 saturated carbocycles. The minimum Gasteiger partial charge on any atom is -0.408 e. The summed E-state index contributed by atoms with van der Waals surface area (Å²) in [5, 5.41) is 0. The Morgan fingerprint density at radius 3 is 2.60 bits per heavy atom. The molecule has 0 unspecified atom stereocenters. The molecule has 1 saturated heterocycles. The maximum absolute atomic E-state index is 12.5. The SMILES string of the molecule is Cn1c(=O)oc2ccc(S(=O)(=O)N3CCOCC3)cc21. The number of fused-ring (bicyclic) bond motifs is 1. The lowest BCUT2D eigenvalue weighted by molar-refractivity contribution is 0.0730. The van der Waals surface area contributed by atoms with Crippen molar-refractivity contribution in [2.24, 2.45) is 7.05 Å². The molecule has 0 atom stereocenters. The molecule has 0 aliphatic carbocycles. The number of hydrogen-bond acceptors (Lipinski definition) is 5. The molecule has 2 aromatic rings. The number of aryl methyl sites for hydroxylation is 1. The lowest BCUT2D eigenvalue weighted by atomic mass is 10.3. The highest BCUT2D eigenvalue weighted by atomic mass is 32.2. The van der Waals surface area contributed by atoms with E-state index in [1.807, 2.05) is 0 Å². The van der Waals surface area contributed by atoms with Crippen LogP contribution in [0.1, 0.15) is 0 Å². The Morgan fingerprint density at radius 2 is 1.90 bits per heavy atom. The van der Waals surface area contributed by atoms with E-state index in [1.54, 1.807) is 7.05 Å². The molecule has 1 aliphatic rings. The van der Waals surface area contributed by atoms with Gasteiger partial charge in [0.25, 0.3) is 0 Å². The molecule has 0 bridgehead atoms. The van der Waals surface area contributed by atoms with Gasteiger partial charge in [-0.25, -0.2) is 13.2 Å². The predicted octanol–water partition coefficient (Wildman–Crippen LogP) is 0.152. The van der Waals surface area contributed by atoms with Gasteiger partial charge in [0.2, 0.25) is 10.0 Å². The molecule has 8 heteroatoms. The number of oxazole rings is 1. The first kappa shape index (κ1) is 13.3. The van der Waals surface area contributed by atoms with Crippen molar-refractivity contribution in [3.8, 4) is 0 Å². The quantitative estimate of drug-likeness (QED) is 0.788. The fraction of sp³-hybridized carbons (Fsp3) is 0.417. The monoisotopic (exact) mass is 298 g/mol. The van der Waals surface area contributed by atoms with E-state index in [9.17, 15) is 13.2 Å². The van der Waals surface area contributed by atoms with E-state index in [-0.39, 0.29) is 4.90 Å². The first-order valence-electron chi connectivity index (χ1n) is 6.17. The zero-order chi connectivity index (χ0) is 14.3. The summed E-state index contributed by atoms with van der Waals surface area (Å²) in [4.78, 5) is 11.6. The summed E-state index contributed by atoms with van der Waals surface area (Å²) in [6, 6.07) is 4.42. The summed E-state index contributed by atoms with van der Waals surface area (Å²) in [5.41, 5.74) is 0.836. The van der Waals surface area contributed by atoms with Gasteiger partial charge in [-0.05, 0) is 18.2 Å². The average Bonchev–Trinajstić information content (AvgIpc) is 2.75. The van der Waals surface area contributed by atoms with Gasteiger partial charge in [0.05, 0.1) is 23.6 Å². The van der Waals surface area contributed by atoms with Crippen molar-refractivity contribution in [3.63, 3.8) is 0 Å². The van der Waals surface area contributed by atoms with Crippen molar-refractivity contribution in [1.29, 1.82) is 0 Å². The number of aromatic nitrogens is 1. The van der Waals surface area contributed by atoms with E-state index in [0.29, 0.717) is 37.4 Å². The lowest BCUT2D eigenvalue weighted by Gasteiger charge is -2.26. The number of ether oxygens (including phenoxy) is 1. The number of hydrogen-bond donors (Lipinski definition) is 0. The number of rotatable bonds is 2. The highest BCUT2D eigenvalue weighted by molar-refractivity contribution is 7.89. The van der Waals surface area contributed by atoms with Gasteiger partial charge < -0.3 is 9.15 Å². The van der Waals surface area contributed by atoms with Crippen LogP contribution in [-0.4, -0.2) is 43.6 Å². The summed E-state index contributed by atoms with van der Waals surface area (Å²) in [6.45, 7) is 1.46. The van der Waals surface area contributed by atoms with Crippen LogP contribution in [0.5, 0.6) is 0 Å². The van der Waals surface area contributed by atoms with Gasteiger partial charge in [0, 0.05) is 20.1 Å². The smallest absolute Gasteiger partial charge is 0.408 e. The highest BCUT2D eigenvalue weighted by Gasteiger charge is 2.27. The Labute approximate surface area is 115 Å². The zero-order valence-electron chi connectivity index (χ0n) is 10.9. The highest BCUT2D eigenvalue weighted by Crippen LogP contribution is 2.21. The molecule has 3 rings (SSSR count). The van der Waals surface area contributed by atoms with Crippen molar-refractivity contribution >= 4 is 21.1 Å². The molecular weight excluding hydrogens is 284 g/mol. The van der Waals surface area contributed by atoms with Gasteiger partial charge in [-0.3, -0.25) is 4.57 Å². The average molecular weight is 298 g/mol. The topological polar surface area (TPSA) is 81.8 Å². The van der Waals surface area contributed by atoms with Crippen LogP contribution in [0.4, 0.5) is 0 Å². The maximum Gasteiger partial charge on any atom is 0.419 e. The first-order valence-corrected chi connectivity index (χ1v) is 7.61. The second-order valence-corrected chi connectivity index (χ2v) is 6.51. The van der Waals surface area contributed by atoms with E-state index < -0.39 is 15.8 Å². The van der Waals surface area contributed by atoms with Gasteiger partial charge in [-0.2, -0.15) is 4.31 Å². The van der Waals surface area contributed by atoms with E-state index in [2.05, 4.69) is 0 Å².